The molecule has 1 fully saturated rings. The third kappa shape index (κ3) is 4.53. The van der Waals surface area contributed by atoms with Crippen molar-refractivity contribution >= 4 is 28.7 Å². The standard InChI is InChI=1S/C21H24N6O2/c28-19(22-9-6-16-15-25-18-5-2-1-4-17(16)18)14-20(29)26-10-12-27(13-11-26)21-23-7-3-8-24-21/h1-5,7-8,15,25H,6,9-14H2,(H,22,28). The number of carbonyl (C=O) groups is 2. The molecule has 0 atom stereocenters. The lowest BCUT2D eigenvalue weighted by Crippen LogP contribution is -2.50. The SMILES string of the molecule is O=C(CC(=O)N1CCN(c2ncccn2)CC1)NCCc1c[nH]c2ccccc12. The van der Waals surface area contributed by atoms with Gasteiger partial charge in [-0.15, -0.1) is 0 Å². The van der Waals surface area contributed by atoms with Gasteiger partial charge in [0.05, 0.1) is 0 Å². The number of carbonyl (C=O) groups excluding carboxylic acids is 2. The molecule has 1 aliphatic heterocycles. The van der Waals surface area contributed by atoms with Crippen molar-refractivity contribution in [1.29, 1.82) is 0 Å². The zero-order valence-corrected chi connectivity index (χ0v) is 16.2. The highest BCUT2D eigenvalue weighted by atomic mass is 16.2. The Labute approximate surface area is 168 Å². The Balaban J connectivity index is 1.20. The van der Waals surface area contributed by atoms with E-state index in [9.17, 15) is 9.59 Å². The minimum atomic E-state index is -0.233. The lowest BCUT2D eigenvalue weighted by atomic mass is 10.1. The van der Waals surface area contributed by atoms with Crippen LogP contribution in [0.4, 0.5) is 5.95 Å². The van der Waals surface area contributed by atoms with Crippen molar-refractivity contribution in [2.45, 2.75) is 12.8 Å². The smallest absolute Gasteiger partial charge is 0.232 e. The second kappa shape index (κ2) is 8.72. The Bertz CT molecular complexity index is 979. The molecule has 0 spiro atoms. The largest absolute Gasteiger partial charge is 0.361 e. The maximum atomic E-state index is 12.4. The molecule has 3 heterocycles. The third-order valence-corrected chi connectivity index (χ3v) is 5.17. The van der Waals surface area contributed by atoms with Crippen LogP contribution in [0, 0.1) is 0 Å². The molecule has 150 valence electrons. The Morgan fingerprint density at radius 3 is 2.59 bits per heavy atom. The van der Waals surface area contributed by atoms with Crippen molar-refractivity contribution in [2.24, 2.45) is 0 Å². The molecule has 2 aromatic heterocycles. The van der Waals surface area contributed by atoms with Gasteiger partial charge < -0.3 is 20.1 Å². The molecule has 0 aliphatic carbocycles. The second-order valence-corrected chi connectivity index (χ2v) is 7.05. The molecule has 8 nitrogen and oxygen atoms in total. The number of para-hydroxylation sites is 1. The van der Waals surface area contributed by atoms with Crippen LogP contribution < -0.4 is 10.2 Å². The Morgan fingerprint density at radius 2 is 1.79 bits per heavy atom. The minimum absolute atomic E-state index is 0.115. The Morgan fingerprint density at radius 1 is 1.03 bits per heavy atom. The van der Waals surface area contributed by atoms with E-state index in [0.717, 1.165) is 22.9 Å². The minimum Gasteiger partial charge on any atom is -0.361 e. The molecule has 0 unspecified atom stereocenters. The predicted molar refractivity (Wildman–Crippen MR) is 110 cm³/mol. The highest BCUT2D eigenvalue weighted by Gasteiger charge is 2.23. The summed E-state index contributed by atoms with van der Waals surface area (Å²) >= 11 is 0. The number of benzene rings is 1. The van der Waals surface area contributed by atoms with E-state index >= 15 is 0 Å². The summed E-state index contributed by atoms with van der Waals surface area (Å²) in [4.78, 5) is 40.1. The summed E-state index contributed by atoms with van der Waals surface area (Å²) in [5.74, 6) is 0.307. The monoisotopic (exact) mass is 392 g/mol. The van der Waals surface area contributed by atoms with Gasteiger partial charge in [-0.05, 0) is 24.1 Å². The van der Waals surface area contributed by atoms with Gasteiger partial charge in [0.1, 0.15) is 6.42 Å². The topological polar surface area (TPSA) is 94.2 Å². The van der Waals surface area contributed by atoms with Crippen LogP contribution in [0.2, 0.25) is 0 Å². The van der Waals surface area contributed by atoms with E-state index in [1.165, 1.54) is 0 Å². The summed E-state index contributed by atoms with van der Waals surface area (Å²) in [5.41, 5.74) is 2.25. The van der Waals surface area contributed by atoms with Crippen molar-refractivity contribution in [3.05, 3.63) is 54.5 Å². The van der Waals surface area contributed by atoms with Gasteiger partial charge >= 0.3 is 0 Å². The number of piperazine rings is 1. The zero-order valence-electron chi connectivity index (χ0n) is 16.2. The number of rotatable bonds is 6. The molecule has 4 rings (SSSR count). The number of fused-ring (bicyclic) bond motifs is 1. The lowest BCUT2D eigenvalue weighted by Gasteiger charge is -2.34. The molecule has 1 aliphatic rings. The second-order valence-electron chi connectivity index (χ2n) is 7.05. The molecular weight excluding hydrogens is 368 g/mol. The number of hydrogen-bond donors (Lipinski definition) is 2. The maximum absolute atomic E-state index is 12.4. The van der Waals surface area contributed by atoms with E-state index < -0.39 is 0 Å². The molecule has 0 bridgehead atoms. The van der Waals surface area contributed by atoms with Crippen LogP contribution in [0.1, 0.15) is 12.0 Å². The molecular formula is C21H24N6O2. The van der Waals surface area contributed by atoms with Crippen molar-refractivity contribution < 1.29 is 9.59 Å². The van der Waals surface area contributed by atoms with Gasteiger partial charge in [0.15, 0.2) is 0 Å². The number of nitrogens with one attached hydrogen (secondary N) is 2. The molecule has 2 N–H and O–H groups in total. The summed E-state index contributed by atoms with van der Waals surface area (Å²) in [6.45, 7) is 2.97. The van der Waals surface area contributed by atoms with E-state index in [4.69, 9.17) is 0 Å². The summed E-state index contributed by atoms with van der Waals surface area (Å²) in [7, 11) is 0. The molecule has 0 radical (unpaired) electrons. The number of amides is 2. The fraction of sp³-hybridized carbons (Fsp3) is 0.333. The van der Waals surface area contributed by atoms with Crippen LogP contribution >= 0.6 is 0 Å². The summed E-state index contributed by atoms with van der Waals surface area (Å²) in [6, 6.07) is 9.86. The first-order chi connectivity index (χ1) is 14.2. The highest BCUT2D eigenvalue weighted by molar-refractivity contribution is 5.97. The Hall–Kier alpha value is -3.42. The average Bonchev–Trinajstić information content (AvgIpc) is 3.18. The third-order valence-electron chi connectivity index (χ3n) is 5.17. The van der Waals surface area contributed by atoms with Gasteiger partial charge in [-0.2, -0.15) is 0 Å². The molecule has 29 heavy (non-hydrogen) atoms. The predicted octanol–water partition coefficient (Wildman–Crippen LogP) is 1.36. The van der Waals surface area contributed by atoms with Crippen molar-refractivity contribution in [3.63, 3.8) is 0 Å². The molecule has 3 aromatic rings. The summed E-state index contributed by atoms with van der Waals surface area (Å²) < 4.78 is 0. The first-order valence-corrected chi connectivity index (χ1v) is 9.82. The highest BCUT2D eigenvalue weighted by Crippen LogP contribution is 2.17. The van der Waals surface area contributed by atoms with Gasteiger partial charge in [0, 0.05) is 62.2 Å². The van der Waals surface area contributed by atoms with Crippen molar-refractivity contribution in [2.75, 3.05) is 37.6 Å². The number of nitrogens with zero attached hydrogens (tertiary/aromatic N) is 4. The van der Waals surface area contributed by atoms with Crippen LogP contribution in [0.25, 0.3) is 10.9 Å². The van der Waals surface area contributed by atoms with Crippen molar-refractivity contribution in [1.82, 2.24) is 25.2 Å². The first-order valence-electron chi connectivity index (χ1n) is 9.82. The normalized spacial score (nSPS) is 14.2. The van der Waals surface area contributed by atoms with Crippen LogP contribution in [0.5, 0.6) is 0 Å². The fourth-order valence-electron chi connectivity index (χ4n) is 3.60. The Kier molecular flexibility index (Phi) is 5.69. The van der Waals surface area contributed by atoms with Crippen molar-refractivity contribution in [3.8, 4) is 0 Å². The van der Waals surface area contributed by atoms with E-state index in [1.807, 2.05) is 29.3 Å². The first kappa shape index (κ1) is 18.9. The quantitative estimate of drug-likeness (QED) is 0.618. The molecule has 0 saturated carbocycles. The maximum Gasteiger partial charge on any atom is 0.232 e. The zero-order chi connectivity index (χ0) is 20.1. The van der Waals surface area contributed by atoms with E-state index in [-0.39, 0.29) is 18.2 Å². The number of hydrogen-bond acceptors (Lipinski definition) is 5. The van der Waals surface area contributed by atoms with Crippen LogP contribution in [0.3, 0.4) is 0 Å². The van der Waals surface area contributed by atoms with Gasteiger partial charge in [-0.1, -0.05) is 18.2 Å². The van der Waals surface area contributed by atoms with Gasteiger partial charge in [-0.25, -0.2) is 9.97 Å². The molecule has 2 amide bonds. The van der Waals surface area contributed by atoms with Gasteiger partial charge in [0.25, 0.3) is 0 Å². The number of anilines is 1. The van der Waals surface area contributed by atoms with E-state index in [1.54, 1.807) is 23.4 Å². The summed E-state index contributed by atoms with van der Waals surface area (Å²) in [5, 5.41) is 4.02. The van der Waals surface area contributed by atoms with Crippen LogP contribution in [-0.4, -0.2) is 64.4 Å². The van der Waals surface area contributed by atoms with Crippen LogP contribution in [0.15, 0.2) is 48.9 Å². The summed E-state index contributed by atoms with van der Waals surface area (Å²) in [6.07, 6.45) is 5.99. The molecule has 1 aromatic carbocycles. The molecule has 8 heteroatoms. The number of aromatic amines is 1. The van der Waals surface area contributed by atoms with E-state index in [0.29, 0.717) is 38.7 Å². The van der Waals surface area contributed by atoms with Gasteiger partial charge in [0.2, 0.25) is 17.8 Å². The van der Waals surface area contributed by atoms with E-state index in [2.05, 4.69) is 26.3 Å². The van der Waals surface area contributed by atoms with Crippen LogP contribution in [-0.2, 0) is 16.0 Å². The number of H-pyrrole nitrogens is 1. The van der Waals surface area contributed by atoms with Gasteiger partial charge in [-0.3, -0.25) is 9.59 Å². The molecule has 1 saturated heterocycles. The lowest BCUT2D eigenvalue weighted by molar-refractivity contribution is -0.136. The number of aromatic nitrogens is 3. The average molecular weight is 392 g/mol. The fourth-order valence-corrected chi connectivity index (χ4v) is 3.60.